The van der Waals surface area contributed by atoms with E-state index in [0.717, 1.165) is 5.56 Å². The number of nitrogens with zero attached hydrogens (tertiary/aromatic N) is 1. The lowest BCUT2D eigenvalue weighted by atomic mass is 9.87. The lowest BCUT2D eigenvalue weighted by Gasteiger charge is -2.19. The third-order valence-corrected chi connectivity index (χ3v) is 4.95. The molecule has 0 spiro atoms. The molecule has 0 radical (unpaired) electrons. The fraction of sp³-hybridized carbons (Fsp3) is 0.235. The van der Waals surface area contributed by atoms with E-state index < -0.39 is 11.9 Å². The van der Waals surface area contributed by atoms with Crippen LogP contribution < -0.4 is 0 Å². The molecule has 1 aromatic heterocycles. The lowest BCUT2D eigenvalue weighted by Crippen LogP contribution is -2.24. The van der Waals surface area contributed by atoms with E-state index in [4.69, 9.17) is 23.2 Å². The molecule has 0 saturated carbocycles. The quantitative estimate of drug-likeness (QED) is 0.664. The van der Waals surface area contributed by atoms with Crippen molar-refractivity contribution in [3.63, 3.8) is 0 Å². The van der Waals surface area contributed by atoms with Crippen LogP contribution in [0, 0.1) is 5.92 Å². The molecule has 0 aliphatic heterocycles. The highest BCUT2D eigenvalue weighted by atomic mass is 35.5. The summed E-state index contributed by atoms with van der Waals surface area (Å²) in [4.78, 5) is 34.9. The molecule has 24 heavy (non-hydrogen) atoms. The Hall–Kier alpha value is -2.11. The van der Waals surface area contributed by atoms with Gasteiger partial charge in [-0.3, -0.25) is 4.79 Å². The van der Waals surface area contributed by atoms with Gasteiger partial charge in [-0.1, -0.05) is 29.3 Å². The van der Waals surface area contributed by atoms with Crippen molar-refractivity contribution in [3.05, 3.63) is 56.8 Å². The third kappa shape index (κ3) is 2.85. The van der Waals surface area contributed by atoms with Crippen LogP contribution in [0.25, 0.3) is 0 Å². The van der Waals surface area contributed by atoms with Crippen LogP contribution in [0.2, 0.25) is 10.0 Å². The summed E-state index contributed by atoms with van der Waals surface area (Å²) in [5.41, 5.74) is 1.75. The second-order valence-electron chi connectivity index (χ2n) is 5.68. The zero-order valence-corrected chi connectivity index (χ0v) is 14.0. The molecule has 0 fully saturated rings. The molecular formula is C17H13Cl2NO4. The number of aromatic nitrogens is 1. The van der Waals surface area contributed by atoms with Crippen molar-refractivity contribution >= 4 is 41.2 Å². The number of carbonyl (C=O) groups is 3. The van der Waals surface area contributed by atoms with Gasteiger partial charge in [-0.05, 0) is 36.6 Å². The highest BCUT2D eigenvalue weighted by Gasteiger charge is 2.32. The smallest absolute Gasteiger partial charge is 0.352 e. The second-order valence-corrected chi connectivity index (χ2v) is 6.49. The first-order valence-corrected chi connectivity index (χ1v) is 8.07. The fourth-order valence-corrected chi connectivity index (χ4v) is 3.32. The minimum atomic E-state index is -1.13. The Labute approximate surface area is 147 Å². The number of benzene rings is 1. The number of carboxylic acid groups (broad SMARTS) is 1. The summed E-state index contributed by atoms with van der Waals surface area (Å²) in [6.45, 7) is 0.257. The van der Waals surface area contributed by atoms with Gasteiger partial charge < -0.3 is 14.5 Å². The van der Waals surface area contributed by atoms with Crippen LogP contribution in [0.5, 0.6) is 0 Å². The van der Waals surface area contributed by atoms with E-state index >= 15 is 0 Å². The van der Waals surface area contributed by atoms with Gasteiger partial charge in [-0.2, -0.15) is 0 Å². The molecule has 0 amide bonds. The normalized spacial score (nSPS) is 16.8. The summed E-state index contributed by atoms with van der Waals surface area (Å²) in [7, 11) is 0. The molecular weight excluding hydrogens is 353 g/mol. The number of aromatic carboxylic acids is 1. The van der Waals surface area contributed by atoms with Crippen molar-refractivity contribution in [2.75, 3.05) is 0 Å². The number of fused-ring (bicyclic) bond motifs is 1. The van der Waals surface area contributed by atoms with Gasteiger partial charge in [0.15, 0.2) is 5.78 Å². The van der Waals surface area contributed by atoms with Crippen LogP contribution in [0.4, 0.5) is 0 Å². The minimum absolute atomic E-state index is 0.0194. The van der Waals surface area contributed by atoms with Gasteiger partial charge in [0, 0.05) is 17.8 Å². The lowest BCUT2D eigenvalue weighted by molar-refractivity contribution is -0.110. The van der Waals surface area contributed by atoms with Gasteiger partial charge in [0.25, 0.3) is 0 Å². The number of hydrogen-bond donors (Lipinski definition) is 1. The second kappa shape index (κ2) is 6.42. The van der Waals surface area contributed by atoms with E-state index in [1.54, 1.807) is 22.8 Å². The number of Topliss-reactive ketones (excluding diaryl/α,β-unsaturated/α-hetero) is 1. The summed E-state index contributed by atoms with van der Waals surface area (Å²) in [5.74, 6) is -2.14. The average Bonchev–Trinajstić information content (AvgIpc) is 2.91. The number of carbonyl (C=O) groups excluding carboxylic acids is 2. The predicted octanol–water partition coefficient (Wildman–Crippen LogP) is 3.49. The molecule has 0 saturated heterocycles. The highest BCUT2D eigenvalue weighted by molar-refractivity contribution is 6.42. The summed E-state index contributed by atoms with van der Waals surface area (Å²) in [6, 6.07) is 6.42. The van der Waals surface area contributed by atoms with Crippen molar-refractivity contribution in [1.82, 2.24) is 4.57 Å². The van der Waals surface area contributed by atoms with Gasteiger partial charge >= 0.3 is 5.97 Å². The van der Waals surface area contributed by atoms with E-state index in [1.807, 2.05) is 0 Å². The van der Waals surface area contributed by atoms with Crippen molar-refractivity contribution in [2.24, 2.45) is 5.92 Å². The number of aldehydes is 1. The van der Waals surface area contributed by atoms with Crippen molar-refractivity contribution in [2.45, 2.75) is 19.4 Å². The topological polar surface area (TPSA) is 76.4 Å². The molecule has 0 bridgehead atoms. The Morgan fingerprint density at radius 3 is 2.67 bits per heavy atom. The molecule has 1 aliphatic carbocycles. The maximum Gasteiger partial charge on any atom is 0.352 e. The maximum absolute atomic E-state index is 12.3. The first kappa shape index (κ1) is 16.7. The first-order valence-electron chi connectivity index (χ1n) is 7.31. The van der Waals surface area contributed by atoms with Gasteiger partial charge in [0.1, 0.15) is 12.0 Å². The van der Waals surface area contributed by atoms with Gasteiger partial charge in [-0.15, -0.1) is 0 Å². The third-order valence-electron chi connectivity index (χ3n) is 4.21. The molecule has 1 N–H and O–H groups in total. The van der Waals surface area contributed by atoms with E-state index in [1.165, 1.54) is 6.07 Å². The minimum Gasteiger partial charge on any atom is -0.477 e. The standard InChI is InChI=1S/C17H13Cl2NO4/c18-12-3-1-9(5-13(12)19)7-20-14-4-2-10(8-21)16(22)11(14)6-15(20)17(23)24/h1,3,5-6,8,10H,2,4,7H2,(H,23,24). The molecule has 1 atom stereocenters. The summed E-state index contributed by atoms with van der Waals surface area (Å²) < 4.78 is 1.59. The molecule has 1 aliphatic rings. The number of rotatable bonds is 4. The van der Waals surface area contributed by atoms with Gasteiger partial charge in [0.2, 0.25) is 0 Å². The Balaban J connectivity index is 2.07. The van der Waals surface area contributed by atoms with Gasteiger partial charge in [-0.25, -0.2) is 4.79 Å². The number of hydrogen-bond acceptors (Lipinski definition) is 3. The molecule has 1 aromatic carbocycles. The van der Waals surface area contributed by atoms with Crippen LogP contribution >= 0.6 is 23.2 Å². The molecule has 124 valence electrons. The molecule has 3 rings (SSSR count). The summed E-state index contributed by atoms with van der Waals surface area (Å²) in [5, 5.41) is 10.2. The van der Waals surface area contributed by atoms with Crippen molar-refractivity contribution in [1.29, 1.82) is 0 Å². The monoisotopic (exact) mass is 365 g/mol. The zero-order chi connectivity index (χ0) is 17.4. The van der Waals surface area contributed by atoms with Crippen LogP contribution in [0.3, 0.4) is 0 Å². The number of carboxylic acids is 1. The zero-order valence-electron chi connectivity index (χ0n) is 12.5. The Bertz CT molecular complexity index is 857. The highest BCUT2D eigenvalue weighted by Crippen LogP contribution is 2.30. The van der Waals surface area contributed by atoms with Crippen LogP contribution in [-0.4, -0.2) is 27.7 Å². The van der Waals surface area contributed by atoms with Crippen molar-refractivity contribution in [3.8, 4) is 0 Å². The number of ketones is 1. The Kier molecular flexibility index (Phi) is 4.47. The van der Waals surface area contributed by atoms with Crippen LogP contribution in [0.1, 0.15) is 38.5 Å². The fourth-order valence-electron chi connectivity index (χ4n) is 3.00. The number of halogens is 2. The molecule has 1 heterocycles. The van der Waals surface area contributed by atoms with Gasteiger partial charge in [0.05, 0.1) is 16.0 Å². The average molecular weight is 366 g/mol. The Morgan fingerprint density at radius 1 is 1.29 bits per heavy atom. The maximum atomic E-state index is 12.3. The van der Waals surface area contributed by atoms with E-state index in [2.05, 4.69) is 0 Å². The summed E-state index contributed by atoms with van der Waals surface area (Å²) >= 11 is 11.9. The SMILES string of the molecule is O=CC1CCc2c(cc(C(=O)O)n2Cc2ccc(Cl)c(Cl)c2)C1=O. The van der Waals surface area contributed by atoms with Crippen molar-refractivity contribution < 1.29 is 19.5 Å². The van der Waals surface area contributed by atoms with E-state index in [9.17, 15) is 19.5 Å². The molecule has 7 heteroatoms. The molecule has 1 unspecified atom stereocenters. The van der Waals surface area contributed by atoms with E-state index in [0.29, 0.717) is 40.4 Å². The molecule has 2 aromatic rings. The largest absolute Gasteiger partial charge is 0.477 e. The van der Waals surface area contributed by atoms with Crippen LogP contribution in [-0.2, 0) is 17.8 Å². The Morgan fingerprint density at radius 2 is 2.04 bits per heavy atom. The van der Waals surface area contributed by atoms with Crippen LogP contribution in [0.15, 0.2) is 24.3 Å². The van der Waals surface area contributed by atoms with E-state index in [-0.39, 0.29) is 18.0 Å². The molecule has 5 nitrogen and oxygen atoms in total. The summed E-state index contributed by atoms with van der Waals surface area (Å²) in [6.07, 6.45) is 1.49. The predicted molar refractivity (Wildman–Crippen MR) is 89.2 cm³/mol. The first-order chi connectivity index (χ1) is 11.4.